The summed E-state index contributed by atoms with van der Waals surface area (Å²) in [5.74, 6) is -2.73. The Bertz CT molecular complexity index is 351. The molecule has 76 valence electrons. The van der Waals surface area contributed by atoms with Crippen LogP contribution < -0.4 is 0 Å². The van der Waals surface area contributed by atoms with Crippen molar-refractivity contribution in [3.05, 3.63) is 34.2 Å². The molecule has 14 heavy (non-hydrogen) atoms. The Kier molecular flexibility index (Phi) is 2.95. The van der Waals surface area contributed by atoms with Crippen molar-refractivity contribution < 1.29 is 23.1 Å². The first kappa shape index (κ1) is 10.8. The quantitative estimate of drug-likeness (QED) is 0.474. The lowest BCUT2D eigenvalue weighted by Crippen LogP contribution is -2.12. The molecule has 6 heteroatoms. The molecule has 1 rings (SSSR count). The van der Waals surface area contributed by atoms with E-state index < -0.39 is 17.7 Å². The summed E-state index contributed by atoms with van der Waals surface area (Å²) in [5.41, 5.74) is 0. The number of carbonyl (C=O) groups is 1. The molecule has 0 atom stereocenters. The van der Waals surface area contributed by atoms with Gasteiger partial charge in [-0.25, -0.2) is 0 Å². The largest absolute Gasteiger partial charge is 0.504 e. The van der Waals surface area contributed by atoms with Gasteiger partial charge in [-0.05, 0) is 11.4 Å². The first-order chi connectivity index (χ1) is 6.41. The molecule has 0 aromatic carbocycles. The summed E-state index contributed by atoms with van der Waals surface area (Å²) in [6.07, 6.45) is -4.70. The summed E-state index contributed by atoms with van der Waals surface area (Å²) >= 11 is 1.01. The molecule has 0 aliphatic rings. The van der Waals surface area contributed by atoms with Crippen molar-refractivity contribution in [3.8, 4) is 0 Å². The molecule has 0 aliphatic heterocycles. The maximum atomic E-state index is 11.8. The Balaban J connectivity index is 2.84. The van der Waals surface area contributed by atoms with Gasteiger partial charge in [-0.2, -0.15) is 13.2 Å². The van der Waals surface area contributed by atoms with Gasteiger partial charge in [-0.15, -0.1) is 11.3 Å². The lowest BCUT2D eigenvalue weighted by Gasteiger charge is -2.02. The van der Waals surface area contributed by atoms with E-state index in [0.717, 1.165) is 11.3 Å². The topological polar surface area (TPSA) is 37.3 Å². The van der Waals surface area contributed by atoms with E-state index >= 15 is 0 Å². The highest BCUT2D eigenvalue weighted by atomic mass is 32.1. The summed E-state index contributed by atoms with van der Waals surface area (Å²) in [6.45, 7) is 0. The summed E-state index contributed by atoms with van der Waals surface area (Å²) < 4.78 is 35.4. The highest BCUT2D eigenvalue weighted by Gasteiger charge is 2.34. The fourth-order valence-corrected chi connectivity index (χ4v) is 1.33. The van der Waals surface area contributed by atoms with E-state index in [1.54, 1.807) is 5.38 Å². The van der Waals surface area contributed by atoms with Gasteiger partial charge < -0.3 is 5.11 Å². The minimum absolute atomic E-state index is 0.154. The third-order valence-electron chi connectivity index (χ3n) is 1.32. The standard InChI is InChI=1S/C8H5F3O2S/c9-8(10,11)7(13)4-5(12)6-2-1-3-14-6/h1-4,13H/b7-4-. The van der Waals surface area contributed by atoms with Crippen LogP contribution in [0.4, 0.5) is 13.2 Å². The highest BCUT2D eigenvalue weighted by molar-refractivity contribution is 7.12. The van der Waals surface area contributed by atoms with Crippen LogP contribution in [0.2, 0.25) is 0 Å². The summed E-state index contributed by atoms with van der Waals surface area (Å²) in [5, 5.41) is 10.0. The number of thiophene rings is 1. The highest BCUT2D eigenvalue weighted by Crippen LogP contribution is 2.23. The second kappa shape index (κ2) is 3.83. The number of aliphatic hydroxyl groups is 1. The van der Waals surface area contributed by atoms with E-state index in [4.69, 9.17) is 5.11 Å². The number of hydrogen-bond donors (Lipinski definition) is 1. The average Bonchev–Trinajstić information content (AvgIpc) is 2.53. The second-order valence-electron chi connectivity index (χ2n) is 2.37. The number of allylic oxidation sites excluding steroid dienone is 2. The summed E-state index contributed by atoms with van der Waals surface area (Å²) in [6, 6.07) is 2.92. The van der Waals surface area contributed by atoms with Crippen LogP contribution in [0.1, 0.15) is 9.67 Å². The van der Waals surface area contributed by atoms with Crippen molar-refractivity contribution in [2.75, 3.05) is 0 Å². The fourth-order valence-electron chi connectivity index (χ4n) is 0.696. The number of alkyl halides is 3. The molecule has 1 aromatic heterocycles. The zero-order chi connectivity index (χ0) is 10.8. The number of hydrogen-bond acceptors (Lipinski definition) is 3. The lowest BCUT2D eigenvalue weighted by atomic mass is 10.3. The van der Waals surface area contributed by atoms with Crippen molar-refractivity contribution in [3.63, 3.8) is 0 Å². The Labute approximate surface area is 81.3 Å². The molecule has 0 aliphatic carbocycles. The van der Waals surface area contributed by atoms with E-state index in [2.05, 4.69) is 0 Å². The van der Waals surface area contributed by atoms with Gasteiger partial charge in [0.15, 0.2) is 5.78 Å². The van der Waals surface area contributed by atoms with Gasteiger partial charge >= 0.3 is 6.18 Å². The monoisotopic (exact) mass is 222 g/mol. The van der Waals surface area contributed by atoms with Crippen LogP contribution in [0.5, 0.6) is 0 Å². The van der Waals surface area contributed by atoms with Crippen LogP contribution in [0.25, 0.3) is 0 Å². The van der Waals surface area contributed by atoms with Crippen LogP contribution in [0.3, 0.4) is 0 Å². The molecular weight excluding hydrogens is 217 g/mol. The number of rotatable bonds is 2. The number of ketones is 1. The number of aliphatic hydroxyl groups excluding tert-OH is 1. The van der Waals surface area contributed by atoms with Crippen LogP contribution in [-0.4, -0.2) is 17.1 Å². The predicted octanol–water partition coefficient (Wildman–Crippen LogP) is 2.94. The molecule has 0 bridgehead atoms. The lowest BCUT2D eigenvalue weighted by molar-refractivity contribution is -0.120. The molecule has 2 nitrogen and oxygen atoms in total. The fraction of sp³-hybridized carbons (Fsp3) is 0.125. The maximum Gasteiger partial charge on any atom is 0.448 e. The number of carbonyl (C=O) groups excluding carboxylic acids is 1. The smallest absolute Gasteiger partial charge is 0.448 e. The normalized spacial score (nSPS) is 12.9. The minimum Gasteiger partial charge on any atom is -0.504 e. The maximum absolute atomic E-state index is 11.8. The second-order valence-corrected chi connectivity index (χ2v) is 3.32. The Morgan fingerprint density at radius 2 is 2.14 bits per heavy atom. The molecule has 1 heterocycles. The molecule has 0 spiro atoms. The molecule has 0 saturated heterocycles. The van der Waals surface area contributed by atoms with Crippen molar-refractivity contribution in [2.24, 2.45) is 0 Å². The van der Waals surface area contributed by atoms with E-state index in [-0.39, 0.29) is 11.0 Å². The van der Waals surface area contributed by atoms with Gasteiger partial charge in [0.1, 0.15) is 0 Å². The minimum atomic E-state index is -4.87. The van der Waals surface area contributed by atoms with Crippen molar-refractivity contribution in [2.45, 2.75) is 6.18 Å². The summed E-state index contributed by atoms with van der Waals surface area (Å²) in [7, 11) is 0. The van der Waals surface area contributed by atoms with Gasteiger partial charge in [0.05, 0.1) is 4.88 Å². The van der Waals surface area contributed by atoms with E-state index in [1.807, 2.05) is 0 Å². The molecule has 0 amide bonds. The molecule has 0 fully saturated rings. The van der Waals surface area contributed by atoms with Gasteiger partial charge in [-0.1, -0.05) is 6.07 Å². The first-order valence-electron chi connectivity index (χ1n) is 3.47. The molecule has 1 N–H and O–H groups in total. The molecule has 0 unspecified atom stereocenters. The molecular formula is C8H5F3O2S. The zero-order valence-corrected chi connectivity index (χ0v) is 7.52. The molecule has 0 radical (unpaired) electrons. The van der Waals surface area contributed by atoms with Crippen LogP contribution >= 0.6 is 11.3 Å². The molecule has 1 aromatic rings. The predicted molar refractivity (Wildman–Crippen MR) is 45.4 cm³/mol. The SMILES string of the molecule is O=C(/C=C(\O)C(F)(F)F)c1cccs1. The summed E-state index contributed by atoms with van der Waals surface area (Å²) in [4.78, 5) is 11.2. The van der Waals surface area contributed by atoms with Crippen molar-refractivity contribution in [1.29, 1.82) is 0 Å². The van der Waals surface area contributed by atoms with Gasteiger partial charge in [0.2, 0.25) is 5.76 Å². The van der Waals surface area contributed by atoms with Gasteiger partial charge in [0.25, 0.3) is 0 Å². The van der Waals surface area contributed by atoms with Crippen LogP contribution in [-0.2, 0) is 0 Å². The number of halogens is 3. The van der Waals surface area contributed by atoms with Crippen molar-refractivity contribution >= 4 is 17.1 Å². The molecule has 0 saturated carbocycles. The first-order valence-corrected chi connectivity index (χ1v) is 4.35. The van der Waals surface area contributed by atoms with Gasteiger partial charge in [0, 0.05) is 6.08 Å². The van der Waals surface area contributed by atoms with E-state index in [9.17, 15) is 18.0 Å². The zero-order valence-electron chi connectivity index (χ0n) is 6.71. The van der Waals surface area contributed by atoms with Crippen LogP contribution in [0, 0.1) is 0 Å². The van der Waals surface area contributed by atoms with Gasteiger partial charge in [-0.3, -0.25) is 4.79 Å². The van der Waals surface area contributed by atoms with Crippen LogP contribution in [0.15, 0.2) is 29.3 Å². The third kappa shape index (κ3) is 2.59. The Hall–Kier alpha value is -1.30. The average molecular weight is 222 g/mol. The Morgan fingerprint density at radius 3 is 2.57 bits per heavy atom. The third-order valence-corrected chi connectivity index (χ3v) is 2.21. The van der Waals surface area contributed by atoms with E-state index in [1.165, 1.54) is 12.1 Å². The van der Waals surface area contributed by atoms with Crippen molar-refractivity contribution in [1.82, 2.24) is 0 Å². The Morgan fingerprint density at radius 1 is 1.50 bits per heavy atom. The van der Waals surface area contributed by atoms with E-state index in [0.29, 0.717) is 0 Å².